The molecule has 2 heteroatoms. The van der Waals surface area contributed by atoms with Gasteiger partial charge in [0, 0.05) is 0 Å². The fourth-order valence-corrected chi connectivity index (χ4v) is 77.5. The van der Waals surface area contributed by atoms with Gasteiger partial charge in [-0.05, 0) is 0 Å². The van der Waals surface area contributed by atoms with E-state index in [-0.39, 0.29) is 0 Å². The molecule has 4 aliphatic rings. The van der Waals surface area contributed by atoms with Gasteiger partial charge in [-0.2, -0.15) is 0 Å². The average Bonchev–Trinajstić information content (AvgIpc) is 3.89. The van der Waals surface area contributed by atoms with E-state index in [0.717, 1.165) is 11.1 Å². The van der Waals surface area contributed by atoms with Crippen molar-refractivity contribution in [2.24, 2.45) is 0 Å². The molecule has 2 fully saturated rings. The average molecular weight is 757 g/mol. The Morgan fingerprint density at radius 2 is 0.909 bits per heavy atom. The van der Waals surface area contributed by atoms with E-state index < -0.39 is 22.6 Å². The Morgan fingerprint density at radius 1 is 0.500 bits per heavy atom. The van der Waals surface area contributed by atoms with Crippen LogP contribution in [0.3, 0.4) is 0 Å². The third-order valence-corrected chi connectivity index (χ3v) is 68.1. The Morgan fingerprint density at radius 3 is 1.32 bits per heavy atom. The van der Waals surface area contributed by atoms with Gasteiger partial charge in [0.05, 0.1) is 0 Å². The first-order valence-corrected chi connectivity index (χ1v) is 35.7. The molecule has 0 spiro atoms. The standard InChI is InChI=1S/2C15H11.C10H18Si.2CH3.Hf/c2*1-2-6-12(7-3-1)14-10-4-8-13-9-5-11-15(13)14;1-2-6-9(5-1)11-10-7-3-4-8-10;;;/h2*1-11H;9-10H,1-8H2;2*1H3;. The normalized spacial score (nSPS) is 21.6. The quantitative estimate of drug-likeness (QED) is 0.172. The van der Waals surface area contributed by atoms with Crippen LogP contribution in [0.1, 0.15) is 81.0 Å². The number of fused-ring (bicyclic) bond motifs is 2. The van der Waals surface area contributed by atoms with Crippen LogP contribution in [-0.2, 0) is 17.1 Å². The van der Waals surface area contributed by atoms with Crippen LogP contribution in [0, 0.1) is 0 Å². The molecule has 0 nitrogen and oxygen atoms in total. The van der Waals surface area contributed by atoms with Crippen LogP contribution in [-0.4, -0.2) is 5.49 Å². The fourth-order valence-electron chi connectivity index (χ4n) is 10.6. The molecule has 44 heavy (non-hydrogen) atoms. The molecular weight excluding hydrogens is 711 g/mol. The van der Waals surface area contributed by atoms with Gasteiger partial charge in [-0.3, -0.25) is 0 Å². The van der Waals surface area contributed by atoms with Gasteiger partial charge in [0.25, 0.3) is 0 Å². The zero-order chi connectivity index (χ0) is 29.8. The summed E-state index contributed by atoms with van der Waals surface area (Å²) in [6.07, 6.45) is 22.5. The first kappa shape index (κ1) is 28.9. The molecule has 2 saturated carbocycles. The van der Waals surface area contributed by atoms with E-state index >= 15 is 0 Å². The van der Waals surface area contributed by atoms with E-state index in [2.05, 4.69) is 131 Å². The van der Waals surface area contributed by atoms with Crippen molar-refractivity contribution in [3.05, 3.63) is 131 Å². The summed E-state index contributed by atoms with van der Waals surface area (Å²) in [5.74, 6) is 0. The molecule has 0 aliphatic heterocycles. The van der Waals surface area contributed by atoms with Gasteiger partial charge in [0.15, 0.2) is 0 Å². The van der Waals surface area contributed by atoms with Gasteiger partial charge >= 0.3 is 268 Å². The van der Waals surface area contributed by atoms with E-state index in [1.54, 1.807) is 11.1 Å². The molecule has 0 heterocycles. The van der Waals surface area contributed by atoms with E-state index in [1.165, 1.54) is 84.7 Å². The topological polar surface area (TPSA) is 0 Å². The molecular formula is C42H46HfSi. The maximum absolute atomic E-state index is 3.97. The van der Waals surface area contributed by atoms with Gasteiger partial charge in [0.2, 0.25) is 0 Å². The van der Waals surface area contributed by atoms with Crippen LogP contribution in [0.5, 0.6) is 0 Å². The Hall–Kier alpha value is -2.55. The van der Waals surface area contributed by atoms with E-state index in [0.29, 0.717) is 7.35 Å². The third kappa shape index (κ3) is 4.53. The molecule has 8 rings (SSSR count). The van der Waals surface area contributed by atoms with Gasteiger partial charge in [-0.15, -0.1) is 0 Å². The molecule has 0 saturated heterocycles. The maximum atomic E-state index is 3.01. The molecule has 0 aromatic heterocycles. The SMILES string of the molecule is [CH3][Hf]([CH3])([CH]1C=Cc2c(-c3ccccc3)cccc21)([CH]1C=Cc2c(-c3ccccc3)cccc21)=[Si](C1CCCC1)C1CCCC1. The Bertz CT molecular complexity index is 1700. The Balaban J connectivity index is 1.40. The summed E-state index contributed by atoms with van der Waals surface area (Å²) < 4.78 is 7.25. The van der Waals surface area contributed by atoms with Gasteiger partial charge in [0.1, 0.15) is 0 Å². The van der Waals surface area contributed by atoms with Crippen LogP contribution in [0.4, 0.5) is 0 Å². The predicted molar refractivity (Wildman–Crippen MR) is 189 cm³/mol. The predicted octanol–water partition coefficient (Wildman–Crippen LogP) is 12.5. The minimum atomic E-state index is -3.97. The fraction of sp³-hybridized carbons (Fsp3) is 0.333. The second-order valence-corrected chi connectivity index (χ2v) is 60.0. The van der Waals surface area contributed by atoms with Crippen molar-refractivity contribution >= 4 is 17.6 Å². The van der Waals surface area contributed by atoms with E-state index in [4.69, 9.17) is 0 Å². The molecule has 0 amide bonds. The van der Waals surface area contributed by atoms with Gasteiger partial charge in [-0.1, -0.05) is 0 Å². The van der Waals surface area contributed by atoms with Crippen molar-refractivity contribution in [3.8, 4) is 22.3 Å². The third-order valence-electron chi connectivity index (χ3n) is 12.4. The molecule has 4 aromatic carbocycles. The molecule has 222 valence electrons. The first-order chi connectivity index (χ1) is 21.5. The number of hydrogen-bond donors (Lipinski definition) is 0. The number of hydrogen-bond acceptors (Lipinski definition) is 0. The molecule has 4 aromatic rings. The summed E-state index contributed by atoms with van der Waals surface area (Å²) in [6.45, 7) is 0. The van der Waals surface area contributed by atoms with E-state index in [9.17, 15) is 0 Å². The number of allylic oxidation sites excluding steroid dienone is 2. The van der Waals surface area contributed by atoms with Gasteiger partial charge in [-0.25, -0.2) is 0 Å². The summed E-state index contributed by atoms with van der Waals surface area (Å²) in [6, 6.07) is 36.8. The first-order valence-electron chi connectivity index (χ1n) is 17.3. The monoisotopic (exact) mass is 758 g/mol. The molecule has 2 unspecified atom stereocenters. The zero-order valence-electron chi connectivity index (χ0n) is 26.5. The van der Waals surface area contributed by atoms with Crippen LogP contribution >= 0.6 is 0 Å². The summed E-state index contributed by atoms with van der Waals surface area (Å²) in [5.41, 5.74) is 13.3. The molecule has 2 atom stereocenters. The van der Waals surface area contributed by atoms with Crippen molar-refractivity contribution in [2.75, 3.05) is 0 Å². The van der Waals surface area contributed by atoms with Crippen LogP contribution in [0.15, 0.2) is 109 Å². The number of rotatable bonds is 6. The molecule has 4 aliphatic carbocycles. The Kier molecular flexibility index (Phi) is 7.46. The van der Waals surface area contributed by atoms with Gasteiger partial charge < -0.3 is 0 Å². The van der Waals surface area contributed by atoms with Crippen molar-refractivity contribution in [1.29, 1.82) is 0 Å². The minimum absolute atomic E-state index is 0.613. The van der Waals surface area contributed by atoms with E-state index in [1.807, 2.05) is 0 Å². The van der Waals surface area contributed by atoms with Crippen LogP contribution < -0.4 is 0 Å². The summed E-state index contributed by atoms with van der Waals surface area (Å²) in [5, 5.41) is 0. The molecule has 0 radical (unpaired) electrons. The van der Waals surface area contributed by atoms with Crippen LogP contribution in [0.25, 0.3) is 34.4 Å². The molecule has 0 N–H and O–H groups in total. The number of benzene rings is 4. The van der Waals surface area contributed by atoms with Crippen LogP contribution in [0.2, 0.25) is 20.4 Å². The van der Waals surface area contributed by atoms with Crippen molar-refractivity contribution in [2.45, 2.75) is 79.2 Å². The van der Waals surface area contributed by atoms with Crippen molar-refractivity contribution < 1.29 is 17.1 Å². The summed E-state index contributed by atoms with van der Waals surface area (Å²) in [7, 11) is 0. The van der Waals surface area contributed by atoms with Crippen molar-refractivity contribution in [1.82, 2.24) is 0 Å². The second kappa shape index (κ2) is 11.4. The zero-order valence-corrected chi connectivity index (χ0v) is 31.1. The Labute approximate surface area is 266 Å². The molecule has 0 bridgehead atoms. The summed E-state index contributed by atoms with van der Waals surface area (Å²) >= 11 is -3.97. The second-order valence-electron chi connectivity index (χ2n) is 15.1. The summed E-state index contributed by atoms with van der Waals surface area (Å²) in [4.78, 5) is 0. The van der Waals surface area contributed by atoms with Crippen molar-refractivity contribution in [3.63, 3.8) is 0 Å².